The van der Waals surface area contributed by atoms with Gasteiger partial charge in [0, 0.05) is 35.2 Å². The number of ether oxygens (including phenoxy) is 1. The normalized spacial score (nSPS) is 21.1. The molecule has 0 aliphatic carbocycles. The monoisotopic (exact) mass is 360 g/mol. The fraction of sp³-hybridized carbons (Fsp3) is 0.600. The van der Waals surface area contributed by atoms with Gasteiger partial charge in [-0.3, -0.25) is 4.90 Å². The van der Waals surface area contributed by atoms with Crippen LogP contribution < -0.4 is 5.73 Å². The van der Waals surface area contributed by atoms with E-state index in [4.69, 9.17) is 22.1 Å². The van der Waals surface area contributed by atoms with Gasteiger partial charge < -0.3 is 10.5 Å². The van der Waals surface area contributed by atoms with E-state index in [1.807, 2.05) is 18.2 Å². The van der Waals surface area contributed by atoms with Crippen molar-refractivity contribution in [1.29, 1.82) is 0 Å². The van der Waals surface area contributed by atoms with Crippen LogP contribution in [0.1, 0.15) is 30.9 Å². The number of rotatable bonds is 5. The summed E-state index contributed by atoms with van der Waals surface area (Å²) in [6.45, 7) is 2.32. The molecule has 1 aromatic rings. The Hall–Kier alpha value is -0.130. The lowest BCUT2D eigenvalue weighted by Crippen LogP contribution is -2.38. The molecule has 0 spiro atoms. The summed E-state index contributed by atoms with van der Waals surface area (Å²) >= 11 is 9.78. The van der Waals surface area contributed by atoms with Gasteiger partial charge in [-0.05, 0) is 44.0 Å². The topological polar surface area (TPSA) is 38.5 Å². The highest BCUT2D eigenvalue weighted by atomic mass is 79.9. The fourth-order valence-corrected chi connectivity index (χ4v) is 3.52. The third kappa shape index (κ3) is 4.18. The lowest BCUT2D eigenvalue weighted by atomic mass is 10.0. The molecular weight excluding hydrogens is 340 g/mol. The minimum atomic E-state index is 0.126. The molecule has 2 rings (SSSR count). The van der Waals surface area contributed by atoms with Crippen molar-refractivity contribution in [3.8, 4) is 0 Å². The summed E-state index contributed by atoms with van der Waals surface area (Å²) in [5.41, 5.74) is 7.04. The predicted molar refractivity (Wildman–Crippen MR) is 87.2 cm³/mol. The molecule has 0 amide bonds. The van der Waals surface area contributed by atoms with E-state index >= 15 is 0 Å². The van der Waals surface area contributed by atoms with Crippen LogP contribution in [0.2, 0.25) is 5.02 Å². The summed E-state index contributed by atoms with van der Waals surface area (Å²) in [5.74, 6) is 0. The molecular formula is C15H22BrClN2O. The van der Waals surface area contributed by atoms with Crippen molar-refractivity contribution in [2.45, 2.75) is 31.4 Å². The maximum absolute atomic E-state index is 6.35. The summed E-state index contributed by atoms with van der Waals surface area (Å²) in [5, 5.41) is 0.756. The van der Waals surface area contributed by atoms with Gasteiger partial charge in [0.2, 0.25) is 0 Å². The van der Waals surface area contributed by atoms with Gasteiger partial charge in [-0.15, -0.1) is 0 Å². The highest BCUT2D eigenvalue weighted by Gasteiger charge is 2.22. The van der Waals surface area contributed by atoms with E-state index in [0.29, 0.717) is 12.6 Å². The Morgan fingerprint density at radius 1 is 1.50 bits per heavy atom. The van der Waals surface area contributed by atoms with Crippen molar-refractivity contribution in [2.24, 2.45) is 5.73 Å². The molecule has 0 aromatic heterocycles. The molecule has 1 fully saturated rings. The second-order valence-corrected chi connectivity index (χ2v) is 6.67. The van der Waals surface area contributed by atoms with Gasteiger partial charge in [0.25, 0.3) is 0 Å². The molecule has 2 unspecified atom stereocenters. The van der Waals surface area contributed by atoms with E-state index in [1.54, 1.807) is 0 Å². The first kappa shape index (κ1) is 16.2. The van der Waals surface area contributed by atoms with Gasteiger partial charge in [0.1, 0.15) is 0 Å². The van der Waals surface area contributed by atoms with Crippen molar-refractivity contribution in [1.82, 2.24) is 4.90 Å². The SMILES string of the molecule is CN(CC1CCCCO1)C(CN)c1ccc(Br)cc1Cl. The van der Waals surface area contributed by atoms with Gasteiger partial charge in [-0.25, -0.2) is 0 Å². The van der Waals surface area contributed by atoms with Gasteiger partial charge in [-0.2, -0.15) is 0 Å². The van der Waals surface area contributed by atoms with E-state index in [2.05, 4.69) is 27.9 Å². The van der Waals surface area contributed by atoms with Gasteiger partial charge in [-0.1, -0.05) is 33.6 Å². The van der Waals surface area contributed by atoms with E-state index in [1.165, 1.54) is 12.8 Å². The van der Waals surface area contributed by atoms with E-state index in [0.717, 1.165) is 34.6 Å². The summed E-state index contributed by atoms with van der Waals surface area (Å²) in [6, 6.07) is 6.10. The summed E-state index contributed by atoms with van der Waals surface area (Å²) in [7, 11) is 2.09. The minimum Gasteiger partial charge on any atom is -0.377 e. The smallest absolute Gasteiger partial charge is 0.0702 e. The molecule has 1 heterocycles. The van der Waals surface area contributed by atoms with Crippen molar-refractivity contribution in [3.05, 3.63) is 33.3 Å². The molecule has 3 nitrogen and oxygen atoms in total. The number of benzene rings is 1. The first-order valence-corrected chi connectivity index (χ1v) is 8.25. The van der Waals surface area contributed by atoms with Crippen molar-refractivity contribution in [3.63, 3.8) is 0 Å². The number of likely N-dealkylation sites (N-methyl/N-ethyl adjacent to an activating group) is 1. The van der Waals surface area contributed by atoms with Crippen LogP contribution in [0.25, 0.3) is 0 Å². The minimum absolute atomic E-state index is 0.126. The number of nitrogens with two attached hydrogens (primary N) is 1. The third-order valence-electron chi connectivity index (χ3n) is 3.84. The summed E-state index contributed by atoms with van der Waals surface area (Å²) in [6.07, 6.45) is 3.89. The van der Waals surface area contributed by atoms with Crippen molar-refractivity contribution in [2.75, 3.05) is 26.7 Å². The highest BCUT2D eigenvalue weighted by Crippen LogP contribution is 2.29. The predicted octanol–water partition coefficient (Wildman–Crippen LogP) is 3.60. The third-order valence-corrected chi connectivity index (χ3v) is 4.66. The zero-order valence-electron chi connectivity index (χ0n) is 11.8. The molecule has 0 radical (unpaired) electrons. The molecule has 1 saturated heterocycles. The molecule has 0 bridgehead atoms. The number of hydrogen-bond donors (Lipinski definition) is 1. The number of hydrogen-bond acceptors (Lipinski definition) is 3. The molecule has 1 aliphatic rings. The molecule has 5 heteroatoms. The second kappa shape index (κ2) is 7.76. The Labute approximate surface area is 134 Å². The lowest BCUT2D eigenvalue weighted by molar-refractivity contribution is -0.00777. The zero-order chi connectivity index (χ0) is 14.5. The molecule has 2 N–H and O–H groups in total. The zero-order valence-corrected chi connectivity index (χ0v) is 14.2. The van der Waals surface area contributed by atoms with Crippen LogP contribution in [-0.4, -0.2) is 37.7 Å². The van der Waals surface area contributed by atoms with Crippen LogP contribution in [0.3, 0.4) is 0 Å². The van der Waals surface area contributed by atoms with Crippen LogP contribution in [0.5, 0.6) is 0 Å². The van der Waals surface area contributed by atoms with Gasteiger partial charge in [0.05, 0.1) is 6.10 Å². The Balaban J connectivity index is 2.06. The maximum Gasteiger partial charge on any atom is 0.0702 e. The molecule has 20 heavy (non-hydrogen) atoms. The van der Waals surface area contributed by atoms with Gasteiger partial charge >= 0.3 is 0 Å². The molecule has 1 aliphatic heterocycles. The largest absolute Gasteiger partial charge is 0.377 e. The molecule has 1 aromatic carbocycles. The fourth-order valence-electron chi connectivity index (χ4n) is 2.72. The first-order chi connectivity index (χ1) is 9.61. The Morgan fingerprint density at radius 3 is 2.90 bits per heavy atom. The van der Waals surface area contributed by atoms with Crippen molar-refractivity contribution < 1.29 is 4.74 Å². The maximum atomic E-state index is 6.35. The van der Waals surface area contributed by atoms with Crippen molar-refractivity contribution >= 4 is 27.5 Å². The molecule has 2 atom stereocenters. The van der Waals surface area contributed by atoms with Crippen LogP contribution >= 0.6 is 27.5 Å². The van der Waals surface area contributed by atoms with Crippen LogP contribution in [0, 0.1) is 0 Å². The highest BCUT2D eigenvalue weighted by molar-refractivity contribution is 9.10. The lowest BCUT2D eigenvalue weighted by Gasteiger charge is -2.33. The summed E-state index contributed by atoms with van der Waals surface area (Å²) < 4.78 is 6.79. The van der Waals surface area contributed by atoms with Crippen LogP contribution in [-0.2, 0) is 4.74 Å². The first-order valence-electron chi connectivity index (χ1n) is 7.08. The second-order valence-electron chi connectivity index (χ2n) is 5.35. The average molecular weight is 362 g/mol. The van der Waals surface area contributed by atoms with E-state index in [9.17, 15) is 0 Å². The molecule has 0 saturated carbocycles. The Bertz CT molecular complexity index is 438. The average Bonchev–Trinajstić information content (AvgIpc) is 2.43. The number of halogens is 2. The Morgan fingerprint density at radius 2 is 2.30 bits per heavy atom. The Kier molecular flexibility index (Phi) is 6.30. The quantitative estimate of drug-likeness (QED) is 0.871. The van der Waals surface area contributed by atoms with E-state index in [-0.39, 0.29) is 6.04 Å². The van der Waals surface area contributed by atoms with Crippen LogP contribution in [0.15, 0.2) is 22.7 Å². The van der Waals surface area contributed by atoms with Crippen LogP contribution in [0.4, 0.5) is 0 Å². The summed E-state index contributed by atoms with van der Waals surface area (Å²) in [4.78, 5) is 2.26. The molecule has 112 valence electrons. The standard InChI is InChI=1S/C15H22BrClN2O/c1-19(10-12-4-2-3-7-20-12)15(9-18)13-6-5-11(16)8-14(13)17/h5-6,8,12,15H,2-4,7,9-10,18H2,1H3. The van der Waals surface area contributed by atoms with Gasteiger partial charge in [0.15, 0.2) is 0 Å². The number of nitrogens with zero attached hydrogens (tertiary/aromatic N) is 1. The van der Waals surface area contributed by atoms with E-state index < -0.39 is 0 Å².